The van der Waals surface area contributed by atoms with Crippen LogP contribution in [0.5, 0.6) is 11.5 Å². The lowest BCUT2D eigenvalue weighted by Crippen LogP contribution is -2.07. The van der Waals surface area contributed by atoms with Gasteiger partial charge in [-0.25, -0.2) is 4.39 Å². The van der Waals surface area contributed by atoms with Crippen LogP contribution in [0, 0.1) is 5.82 Å². The summed E-state index contributed by atoms with van der Waals surface area (Å²) >= 11 is 1.21. The number of ether oxygens (including phenoxy) is 2. The smallest absolute Gasteiger partial charge is 0.250 e. The van der Waals surface area contributed by atoms with Crippen molar-refractivity contribution >= 4 is 28.5 Å². The van der Waals surface area contributed by atoms with Crippen LogP contribution in [0.25, 0.3) is 16.6 Å². The summed E-state index contributed by atoms with van der Waals surface area (Å²) in [5.74, 6) is 0.694. The van der Waals surface area contributed by atoms with E-state index in [9.17, 15) is 9.18 Å². The molecule has 0 saturated carbocycles. The van der Waals surface area contributed by atoms with Gasteiger partial charge >= 0.3 is 0 Å². The van der Waals surface area contributed by atoms with Crippen molar-refractivity contribution in [1.29, 1.82) is 0 Å². The first-order valence-corrected chi connectivity index (χ1v) is 8.47. The van der Waals surface area contributed by atoms with E-state index in [0.717, 1.165) is 11.1 Å². The molecule has 0 spiro atoms. The van der Waals surface area contributed by atoms with Crippen LogP contribution in [0.15, 0.2) is 48.5 Å². The Morgan fingerprint density at radius 2 is 1.92 bits per heavy atom. The summed E-state index contributed by atoms with van der Waals surface area (Å²) in [5, 5.41) is 11.6. The molecule has 0 unspecified atom stereocenters. The zero-order valence-electron chi connectivity index (χ0n) is 13.3. The number of anilines is 1. The molecule has 0 radical (unpaired) electrons. The SMILES string of the molecule is O=C(C=Cc1ccc2c(c1)OCO2)Nc1nnc(-c2ccc(F)cc2)s1. The lowest BCUT2D eigenvalue weighted by Gasteiger charge is -1.98. The van der Waals surface area contributed by atoms with E-state index in [1.807, 2.05) is 6.07 Å². The summed E-state index contributed by atoms with van der Waals surface area (Å²) < 4.78 is 23.5. The first kappa shape index (κ1) is 16.2. The lowest BCUT2D eigenvalue weighted by atomic mass is 10.2. The van der Waals surface area contributed by atoms with Crippen molar-refractivity contribution in [2.75, 3.05) is 12.1 Å². The molecule has 0 atom stereocenters. The van der Waals surface area contributed by atoms with Crippen molar-refractivity contribution < 1.29 is 18.7 Å². The molecule has 0 aliphatic carbocycles. The van der Waals surface area contributed by atoms with Crippen LogP contribution in [-0.2, 0) is 4.79 Å². The van der Waals surface area contributed by atoms with Gasteiger partial charge in [0, 0.05) is 11.6 Å². The molecule has 6 nitrogen and oxygen atoms in total. The van der Waals surface area contributed by atoms with Gasteiger partial charge in [-0.1, -0.05) is 17.4 Å². The Labute approximate surface area is 151 Å². The fraction of sp³-hybridized carbons (Fsp3) is 0.0556. The molecule has 2 heterocycles. The van der Waals surface area contributed by atoms with Gasteiger partial charge in [0.1, 0.15) is 10.8 Å². The number of carbonyl (C=O) groups is 1. The van der Waals surface area contributed by atoms with Crippen molar-refractivity contribution in [2.24, 2.45) is 0 Å². The fourth-order valence-corrected chi connectivity index (χ4v) is 3.07. The van der Waals surface area contributed by atoms with E-state index in [0.29, 0.717) is 21.6 Å². The van der Waals surface area contributed by atoms with Crippen molar-refractivity contribution in [2.45, 2.75) is 0 Å². The van der Waals surface area contributed by atoms with Gasteiger partial charge in [-0.3, -0.25) is 10.1 Å². The number of nitrogens with one attached hydrogen (secondary N) is 1. The molecule has 1 aliphatic heterocycles. The van der Waals surface area contributed by atoms with Gasteiger partial charge in [0.05, 0.1) is 0 Å². The van der Waals surface area contributed by atoms with Crippen LogP contribution in [0.2, 0.25) is 0 Å². The van der Waals surface area contributed by atoms with Crippen molar-refractivity contribution in [3.63, 3.8) is 0 Å². The number of amides is 1. The second-order valence-electron chi connectivity index (χ2n) is 5.35. The minimum absolute atomic E-state index is 0.205. The summed E-state index contributed by atoms with van der Waals surface area (Å²) in [5.41, 5.74) is 1.55. The standard InChI is InChI=1S/C18H12FN3O3S/c19-13-5-3-12(4-6-13)17-21-22-18(26-17)20-16(23)8-2-11-1-7-14-15(9-11)25-10-24-14/h1-9H,10H2,(H,20,22,23). The predicted octanol–water partition coefficient (Wildman–Crippen LogP) is 3.72. The number of hydrogen-bond acceptors (Lipinski definition) is 6. The third-order valence-corrected chi connectivity index (χ3v) is 4.46. The Morgan fingerprint density at radius 3 is 2.77 bits per heavy atom. The Morgan fingerprint density at radius 1 is 1.12 bits per heavy atom. The zero-order chi connectivity index (χ0) is 17.9. The number of carbonyl (C=O) groups excluding carboxylic acids is 1. The summed E-state index contributed by atoms with van der Waals surface area (Å²) in [4.78, 5) is 12.0. The Hall–Kier alpha value is -3.26. The number of hydrogen-bond donors (Lipinski definition) is 1. The quantitative estimate of drug-likeness (QED) is 0.710. The highest BCUT2D eigenvalue weighted by Crippen LogP contribution is 2.32. The summed E-state index contributed by atoms with van der Waals surface area (Å²) in [6.45, 7) is 0.205. The van der Waals surface area contributed by atoms with Crippen molar-refractivity contribution in [3.8, 4) is 22.1 Å². The van der Waals surface area contributed by atoms with Crippen LogP contribution in [0.4, 0.5) is 9.52 Å². The van der Waals surface area contributed by atoms with Crippen LogP contribution < -0.4 is 14.8 Å². The Kier molecular flexibility index (Phi) is 4.32. The molecule has 1 aromatic heterocycles. The summed E-state index contributed by atoms with van der Waals surface area (Å²) in [7, 11) is 0. The molecule has 1 amide bonds. The monoisotopic (exact) mass is 369 g/mol. The average Bonchev–Trinajstić information content (AvgIpc) is 3.29. The second-order valence-corrected chi connectivity index (χ2v) is 6.33. The largest absolute Gasteiger partial charge is 0.454 e. The minimum atomic E-state index is -0.329. The molecule has 3 aromatic rings. The normalized spacial score (nSPS) is 12.5. The number of rotatable bonds is 4. The van der Waals surface area contributed by atoms with E-state index in [2.05, 4.69) is 15.5 Å². The predicted molar refractivity (Wildman–Crippen MR) is 95.5 cm³/mol. The summed E-state index contributed by atoms with van der Waals surface area (Å²) in [6.07, 6.45) is 3.07. The molecule has 1 N–H and O–H groups in total. The average molecular weight is 369 g/mol. The van der Waals surface area contributed by atoms with Gasteiger partial charge < -0.3 is 9.47 Å². The first-order chi connectivity index (χ1) is 12.7. The molecular formula is C18H12FN3O3S. The highest BCUT2D eigenvalue weighted by atomic mass is 32.1. The molecule has 0 saturated heterocycles. The summed E-state index contributed by atoms with van der Waals surface area (Å²) in [6, 6.07) is 11.3. The van der Waals surface area contributed by atoms with Gasteiger partial charge in [0.25, 0.3) is 0 Å². The van der Waals surface area contributed by atoms with Crippen LogP contribution in [0.1, 0.15) is 5.56 Å². The maximum absolute atomic E-state index is 13.0. The van der Waals surface area contributed by atoms with E-state index in [-0.39, 0.29) is 18.5 Å². The maximum atomic E-state index is 13.0. The first-order valence-electron chi connectivity index (χ1n) is 7.65. The molecule has 26 heavy (non-hydrogen) atoms. The molecule has 130 valence electrons. The molecule has 2 aromatic carbocycles. The van der Waals surface area contributed by atoms with E-state index in [4.69, 9.17) is 9.47 Å². The van der Waals surface area contributed by atoms with Crippen molar-refractivity contribution in [1.82, 2.24) is 10.2 Å². The topological polar surface area (TPSA) is 73.3 Å². The van der Waals surface area contributed by atoms with Crippen LogP contribution >= 0.6 is 11.3 Å². The van der Waals surface area contributed by atoms with Gasteiger partial charge in [0.2, 0.25) is 17.8 Å². The molecule has 8 heteroatoms. The molecule has 4 rings (SSSR count). The molecule has 0 bridgehead atoms. The number of benzene rings is 2. The number of halogens is 1. The van der Waals surface area contributed by atoms with Gasteiger partial charge in [-0.05, 0) is 48.0 Å². The van der Waals surface area contributed by atoms with Crippen LogP contribution in [0.3, 0.4) is 0 Å². The van der Waals surface area contributed by atoms with E-state index < -0.39 is 0 Å². The van der Waals surface area contributed by atoms with Gasteiger partial charge in [0.15, 0.2) is 11.5 Å². The third-order valence-electron chi connectivity index (χ3n) is 3.57. The van der Waals surface area contributed by atoms with E-state index in [1.165, 1.54) is 29.5 Å². The number of aromatic nitrogens is 2. The minimum Gasteiger partial charge on any atom is -0.454 e. The number of nitrogens with zero attached hydrogens (tertiary/aromatic N) is 2. The Balaban J connectivity index is 1.41. The molecular weight excluding hydrogens is 357 g/mol. The van der Waals surface area contributed by atoms with E-state index in [1.54, 1.807) is 30.3 Å². The fourth-order valence-electron chi connectivity index (χ4n) is 2.32. The molecule has 0 fully saturated rings. The van der Waals surface area contributed by atoms with Crippen LogP contribution in [-0.4, -0.2) is 22.9 Å². The second kappa shape index (κ2) is 6.93. The lowest BCUT2D eigenvalue weighted by molar-refractivity contribution is -0.111. The maximum Gasteiger partial charge on any atom is 0.250 e. The van der Waals surface area contributed by atoms with Gasteiger partial charge in [-0.15, -0.1) is 10.2 Å². The molecule has 1 aliphatic rings. The number of fused-ring (bicyclic) bond motifs is 1. The highest BCUT2D eigenvalue weighted by molar-refractivity contribution is 7.18. The van der Waals surface area contributed by atoms with Crippen molar-refractivity contribution in [3.05, 3.63) is 59.9 Å². The van der Waals surface area contributed by atoms with Gasteiger partial charge in [-0.2, -0.15) is 0 Å². The highest BCUT2D eigenvalue weighted by Gasteiger charge is 2.12. The third kappa shape index (κ3) is 3.55. The van der Waals surface area contributed by atoms with E-state index >= 15 is 0 Å². The Bertz CT molecular complexity index is 986. The zero-order valence-corrected chi connectivity index (χ0v) is 14.1.